The standard InChI is InChI=1S/C22H23N3O5/c1-15(25-22(27)18-7-10-29-14-18)21(26)24-12-17-3-4-19(20(11-17)28-2)30-13-16-5-8-23-9-6-16/h3-11,14-15H,12-13H2,1-2H3,(H,24,26)(H,25,27). The third-order valence-electron chi connectivity index (χ3n) is 4.36. The highest BCUT2D eigenvalue weighted by molar-refractivity contribution is 5.97. The fraction of sp³-hybridized carbons (Fsp3) is 0.227. The molecular formula is C22H23N3O5. The maximum absolute atomic E-state index is 12.3. The largest absolute Gasteiger partial charge is 0.493 e. The first-order valence-electron chi connectivity index (χ1n) is 9.36. The summed E-state index contributed by atoms with van der Waals surface area (Å²) in [5.74, 6) is 0.495. The molecule has 2 heterocycles. The number of ether oxygens (including phenoxy) is 2. The Bertz CT molecular complexity index is 974. The van der Waals surface area contributed by atoms with Crippen LogP contribution in [-0.4, -0.2) is 29.9 Å². The zero-order valence-electron chi connectivity index (χ0n) is 16.8. The number of aromatic nitrogens is 1. The Morgan fingerprint density at radius 3 is 2.60 bits per heavy atom. The number of furan rings is 1. The molecular weight excluding hydrogens is 386 g/mol. The van der Waals surface area contributed by atoms with Crippen molar-refractivity contribution in [2.24, 2.45) is 0 Å². The fourth-order valence-corrected chi connectivity index (χ4v) is 2.66. The van der Waals surface area contributed by atoms with Crippen LogP contribution in [0, 0.1) is 0 Å². The van der Waals surface area contributed by atoms with Crippen LogP contribution in [0.2, 0.25) is 0 Å². The van der Waals surface area contributed by atoms with Gasteiger partial charge < -0.3 is 24.5 Å². The van der Waals surface area contributed by atoms with Crippen LogP contribution in [-0.2, 0) is 17.9 Å². The third kappa shape index (κ3) is 5.60. The Kier molecular flexibility index (Phi) is 7.05. The summed E-state index contributed by atoms with van der Waals surface area (Å²) in [6, 6.07) is 10.0. The molecule has 8 nitrogen and oxygen atoms in total. The molecule has 0 saturated carbocycles. The van der Waals surface area contributed by atoms with Crippen LogP contribution in [0.1, 0.15) is 28.4 Å². The molecule has 0 spiro atoms. The molecule has 2 N–H and O–H groups in total. The normalized spacial score (nSPS) is 11.4. The van der Waals surface area contributed by atoms with E-state index in [9.17, 15) is 9.59 Å². The molecule has 0 aliphatic rings. The lowest BCUT2D eigenvalue weighted by Gasteiger charge is -2.15. The summed E-state index contributed by atoms with van der Waals surface area (Å²) >= 11 is 0. The second kappa shape index (κ2) is 10.1. The molecule has 1 aromatic carbocycles. The summed E-state index contributed by atoms with van der Waals surface area (Å²) in [6.45, 7) is 2.29. The number of amides is 2. The summed E-state index contributed by atoms with van der Waals surface area (Å²) in [4.78, 5) is 28.3. The summed E-state index contributed by atoms with van der Waals surface area (Å²) in [6.07, 6.45) is 6.14. The van der Waals surface area contributed by atoms with E-state index in [1.807, 2.05) is 18.2 Å². The van der Waals surface area contributed by atoms with Crippen LogP contribution in [0.4, 0.5) is 0 Å². The number of hydrogen-bond donors (Lipinski definition) is 2. The van der Waals surface area contributed by atoms with Crippen molar-refractivity contribution >= 4 is 11.8 Å². The lowest BCUT2D eigenvalue weighted by atomic mass is 10.2. The minimum absolute atomic E-state index is 0.283. The van der Waals surface area contributed by atoms with Crippen molar-refractivity contribution < 1.29 is 23.5 Å². The second-order valence-corrected chi connectivity index (χ2v) is 6.55. The highest BCUT2D eigenvalue weighted by atomic mass is 16.5. The first-order chi connectivity index (χ1) is 14.6. The predicted octanol–water partition coefficient (Wildman–Crippen LogP) is 2.70. The number of nitrogens with zero attached hydrogens (tertiary/aromatic N) is 1. The van der Waals surface area contributed by atoms with Crippen LogP contribution in [0.5, 0.6) is 11.5 Å². The minimum Gasteiger partial charge on any atom is -0.493 e. The molecule has 3 aromatic rings. The van der Waals surface area contributed by atoms with Crippen LogP contribution < -0.4 is 20.1 Å². The van der Waals surface area contributed by atoms with E-state index in [0.717, 1.165) is 11.1 Å². The van der Waals surface area contributed by atoms with Crippen LogP contribution >= 0.6 is 0 Å². The first-order valence-corrected chi connectivity index (χ1v) is 9.36. The Morgan fingerprint density at radius 2 is 1.90 bits per heavy atom. The molecule has 0 aliphatic heterocycles. The van der Waals surface area contributed by atoms with Gasteiger partial charge >= 0.3 is 0 Å². The quantitative estimate of drug-likeness (QED) is 0.563. The van der Waals surface area contributed by atoms with Crippen LogP contribution in [0.25, 0.3) is 0 Å². The second-order valence-electron chi connectivity index (χ2n) is 6.55. The molecule has 0 aliphatic carbocycles. The topological polar surface area (TPSA) is 103 Å². The number of benzene rings is 1. The number of pyridine rings is 1. The fourth-order valence-electron chi connectivity index (χ4n) is 2.66. The Balaban J connectivity index is 1.53. The van der Waals surface area contributed by atoms with Crippen molar-refractivity contribution in [3.8, 4) is 11.5 Å². The van der Waals surface area contributed by atoms with E-state index >= 15 is 0 Å². The lowest BCUT2D eigenvalue weighted by Crippen LogP contribution is -2.44. The summed E-state index contributed by atoms with van der Waals surface area (Å²) in [5.41, 5.74) is 2.20. The van der Waals surface area contributed by atoms with Gasteiger partial charge in [-0.15, -0.1) is 0 Å². The maximum atomic E-state index is 12.3. The smallest absolute Gasteiger partial charge is 0.255 e. The number of rotatable bonds is 9. The van der Waals surface area contributed by atoms with Crippen molar-refractivity contribution in [1.82, 2.24) is 15.6 Å². The van der Waals surface area contributed by atoms with E-state index in [1.54, 1.807) is 38.6 Å². The van der Waals surface area contributed by atoms with Gasteiger partial charge in [-0.3, -0.25) is 14.6 Å². The van der Waals surface area contributed by atoms with Crippen molar-refractivity contribution in [3.05, 3.63) is 78.0 Å². The van der Waals surface area contributed by atoms with Crippen molar-refractivity contribution in [1.29, 1.82) is 0 Å². The summed E-state index contributed by atoms with van der Waals surface area (Å²) < 4.78 is 16.1. The zero-order valence-corrected chi connectivity index (χ0v) is 16.8. The van der Waals surface area contributed by atoms with Crippen molar-refractivity contribution in [2.45, 2.75) is 26.1 Å². The van der Waals surface area contributed by atoms with E-state index in [2.05, 4.69) is 15.6 Å². The van der Waals surface area contributed by atoms with Gasteiger partial charge in [0.1, 0.15) is 18.9 Å². The number of carbonyl (C=O) groups excluding carboxylic acids is 2. The molecule has 0 saturated heterocycles. The Labute approximate surface area is 174 Å². The van der Waals surface area contributed by atoms with E-state index in [0.29, 0.717) is 23.7 Å². The van der Waals surface area contributed by atoms with E-state index in [-0.39, 0.29) is 18.4 Å². The minimum atomic E-state index is -0.697. The van der Waals surface area contributed by atoms with Gasteiger partial charge in [-0.05, 0) is 48.4 Å². The average Bonchev–Trinajstić information content (AvgIpc) is 3.32. The van der Waals surface area contributed by atoms with E-state index in [1.165, 1.54) is 18.6 Å². The van der Waals surface area contributed by atoms with Gasteiger partial charge in [-0.25, -0.2) is 0 Å². The van der Waals surface area contributed by atoms with Crippen molar-refractivity contribution in [3.63, 3.8) is 0 Å². The van der Waals surface area contributed by atoms with Gasteiger partial charge in [0.2, 0.25) is 5.91 Å². The van der Waals surface area contributed by atoms with E-state index < -0.39 is 6.04 Å². The maximum Gasteiger partial charge on any atom is 0.255 e. The molecule has 1 unspecified atom stereocenters. The van der Waals surface area contributed by atoms with Crippen LogP contribution in [0.3, 0.4) is 0 Å². The number of nitrogens with one attached hydrogen (secondary N) is 2. The lowest BCUT2D eigenvalue weighted by molar-refractivity contribution is -0.122. The highest BCUT2D eigenvalue weighted by Crippen LogP contribution is 2.28. The summed E-state index contributed by atoms with van der Waals surface area (Å²) in [5, 5.41) is 5.42. The van der Waals surface area contributed by atoms with Gasteiger partial charge in [-0.2, -0.15) is 0 Å². The SMILES string of the molecule is COc1cc(CNC(=O)C(C)NC(=O)c2ccoc2)ccc1OCc1ccncc1. The Hall–Kier alpha value is -3.81. The molecule has 0 bridgehead atoms. The molecule has 8 heteroatoms. The number of methoxy groups -OCH3 is 1. The van der Waals surface area contributed by atoms with E-state index in [4.69, 9.17) is 13.9 Å². The Morgan fingerprint density at radius 1 is 1.10 bits per heavy atom. The van der Waals surface area contributed by atoms with Gasteiger partial charge in [-0.1, -0.05) is 6.07 Å². The number of hydrogen-bond acceptors (Lipinski definition) is 6. The first kappa shape index (κ1) is 20.9. The average molecular weight is 409 g/mol. The highest BCUT2D eigenvalue weighted by Gasteiger charge is 2.17. The predicted molar refractivity (Wildman–Crippen MR) is 109 cm³/mol. The molecule has 2 amide bonds. The molecule has 156 valence electrons. The van der Waals surface area contributed by atoms with Gasteiger partial charge in [0.15, 0.2) is 11.5 Å². The van der Waals surface area contributed by atoms with Crippen LogP contribution in [0.15, 0.2) is 65.7 Å². The van der Waals surface area contributed by atoms with Gasteiger partial charge in [0.25, 0.3) is 5.91 Å². The molecule has 30 heavy (non-hydrogen) atoms. The van der Waals surface area contributed by atoms with Gasteiger partial charge in [0.05, 0.1) is 18.9 Å². The molecule has 1 atom stereocenters. The molecule has 2 aromatic heterocycles. The van der Waals surface area contributed by atoms with Crippen molar-refractivity contribution in [2.75, 3.05) is 7.11 Å². The third-order valence-corrected chi connectivity index (χ3v) is 4.36. The van der Waals surface area contributed by atoms with Gasteiger partial charge in [0, 0.05) is 18.9 Å². The summed E-state index contributed by atoms with van der Waals surface area (Å²) in [7, 11) is 1.56. The number of carbonyl (C=O) groups is 2. The molecule has 3 rings (SSSR count). The molecule has 0 radical (unpaired) electrons. The molecule has 0 fully saturated rings. The zero-order chi connectivity index (χ0) is 21.3. The monoisotopic (exact) mass is 409 g/mol.